The number of aromatic hydroxyl groups is 1. The smallest absolute Gasteiger partial charge is 0.326 e. The van der Waals surface area contributed by atoms with E-state index < -0.39 is 47.9 Å². The quantitative estimate of drug-likeness (QED) is 0.168. The number of carbonyl (C=O) groups excluding carboxylic acids is 3. The van der Waals surface area contributed by atoms with Crippen LogP contribution in [-0.2, 0) is 32.0 Å². The molecule has 3 aromatic rings. The van der Waals surface area contributed by atoms with Gasteiger partial charge in [0.25, 0.3) is 0 Å². The number of fused-ring (bicyclic) bond motifs is 1. The number of nitrogens with one attached hydrogen (secondary N) is 4. The average Bonchev–Trinajstić information content (AvgIpc) is 3.33. The van der Waals surface area contributed by atoms with Crippen LogP contribution in [0, 0.1) is 5.92 Å². The van der Waals surface area contributed by atoms with E-state index in [-0.39, 0.29) is 24.5 Å². The number of phenols is 1. The number of carboxylic acids is 1. The molecular formula is C29H37N5O6. The number of aromatic nitrogens is 1. The van der Waals surface area contributed by atoms with Gasteiger partial charge in [-0.05, 0) is 42.2 Å². The van der Waals surface area contributed by atoms with Gasteiger partial charge in [0, 0.05) is 29.9 Å². The molecule has 0 aliphatic heterocycles. The molecule has 0 saturated heterocycles. The Balaban J connectivity index is 1.89. The third-order valence-corrected chi connectivity index (χ3v) is 6.93. The van der Waals surface area contributed by atoms with Crippen molar-refractivity contribution in [1.82, 2.24) is 20.9 Å². The molecule has 3 amide bonds. The van der Waals surface area contributed by atoms with Gasteiger partial charge in [-0.15, -0.1) is 0 Å². The lowest BCUT2D eigenvalue weighted by Gasteiger charge is -2.26. The van der Waals surface area contributed by atoms with Crippen molar-refractivity contribution in [2.75, 3.05) is 0 Å². The molecule has 0 radical (unpaired) electrons. The SMILES string of the molecule is CCC(C)C(NC(=O)C(Cc1ccc(O)cc1)NC(=O)C(Cc1c[nH]c2ccccc12)NC(=O)C(C)N)C(=O)O. The van der Waals surface area contributed by atoms with Gasteiger partial charge >= 0.3 is 5.97 Å². The normalized spacial score (nSPS) is 14.9. The summed E-state index contributed by atoms with van der Waals surface area (Å²) in [5, 5.41) is 28.2. The number of benzene rings is 2. The third kappa shape index (κ3) is 7.82. The second kappa shape index (κ2) is 13.6. The van der Waals surface area contributed by atoms with Crippen LogP contribution in [0.5, 0.6) is 5.75 Å². The summed E-state index contributed by atoms with van der Waals surface area (Å²) in [4.78, 5) is 54.5. The zero-order chi connectivity index (χ0) is 29.4. The lowest BCUT2D eigenvalue weighted by molar-refractivity contribution is -0.143. The number of phenolic OH excluding ortho intramolecular Hbond substituents is 1. The van der Waals surface area contributed by atoms with E-state index in [0.717, 1.165) is 16.5 Å². The van der Waals surface area contributed by atoms with E-state index in [4.69, 9.17) is 5.73 Å². The van der Waals surface area contributed by atoms with E-state index in [9.17, 15) is 29.4 Å². The predicted molar refractivity (Wildman–Crippen MR) is 150 cm³/mol. The molecule has 5 atom stereocenters. The maximum atomic E-state index is 13.6. The monoisotopic (exact) mass is 551 g/mol. The van der Waals surface area contributed by atoms with Crippen LogP contribution in [0.4, 0.5) is 0 Å². The largest absolute Gasteiger partial charge is 0.508 e. The lowest BCUT2D eigenvalue weighted by Crippen LogP contribution is -2.58. The van der Waals surface area contributed by atoms with Crippen molar-refractivity contribution in [1.29, 1.82) is 0 Å². The minimum absolute atomic E-state index is 0.0196. The molecule has 40 heavy (non-hydrogen) atoms. The first-order chi connectivity index (χ1) is 19.0. The number of hydrogen-bond acceptors (Lipinski definition) is 6. The Labute approximate surface area is 232 Å². The second-order valence-electron chi connectivity index (χ2n) is 10.1. The Hall–Kier alpha value is -4.38. The van der Waals surface area contributed by atoms with Crippen LogP contribution in [0.15, 0.2) is 54.7 Å². The highest BCUT2D eigenvalue weighted by molar-refractivity contribution is 5.95. The zero-order valence-corrected chi connectivity index (χ0v) is 22.8. The van der Waals surface area contributed by atoms with Crippen LogP contribution in [-0.4, -0.2) is 63.1 Å². The van der Waals surface area contributed by atoms with E-state index in [1.54, 1.807) is 25.3 Å². The molecule has 0 bridgehead atoms. The van der Waals surface area contributed by atoms with Crippen LogP contribution < -0.4 is 21.7 Å². The number of hydrogen-bond donors (Lipinski definition) is 7. The van der Waals surface area contributed by atoms with Crippen molar-refractivity contribution in [3.63, 3.8) is 0 Å². The van der Waals surface area contributed by atoms with Crippen LogP contribution in [0.25, 0.3) is 10.9 Å². The van der Waals surface area contributed by atoms with Crippen LogP contribution in [0.2, 0.25) is 0 Å². The fraction of sp³-hybridized carbons (Fsp3) is 0.379. The van der Waals surface area contributed by atoms with Gasteiger partial charge in [-0.1, -0.05) is 50.6 Å². The fourth-order valence-corrected chi connectivity index (χ4v) is 4.32. The number of aromatic amines is 1. The van der Waals surface area contributed by atoms with Crippen LogP contribution in [0.1, 0.15) is 38.3 Å². The molecule has 0 spiro atoms. The van der Waals surface area contributed by atoms with Gasteiger partial charge in [0.2, 0.25) is 17.7 Å². The van der Waals surface area contributed by atoms with Gasteiger partial charge in [-0.2, -0.15) is 0 Å². The molecule has 8 N–H and O–H groups in total. The van der Waals surface area contributed by atoms with Crippen LogP contribution in [0.3, 0.4) is 0 Å². The minimum atomic E-state index is -1.18. The molecular weight excluding hydrogens is 514 g/mol. The first kappa shape index (κ1) is 30.2. The molecule has 5 unspecified atom stereocenters. The number of rotatable bonds is 13. The van der Waals surface area contributed by atoms with Gasteiger partial charge < -0.3 is 36.9 Å². The lowest BCUT2D eigenvalue weighted by atomic mass is 9.97. The summed E-state index contributed by atoms with van der Waals surface area (Å²) in [6, 6.07) is 9.37. The van der Waals surface area contributed by atoms with Gasteiger partial charge in [-0.3, -0.25) is 14.4 Å². The van der Waals surface area contributed by atoms with E-state index in [1.807, 2.05) is 31.2 Å². The number of para-hydroxylation sites is 1. The Bertz CT molecular complexity index is 1340. The number of carboxylic acid groups (broad SMARTS) is 1. The van der Waals surface area contributed by atoms with Crippen molar-refractivity contribution in [2.24, 2.45) is 11.7 Å². The summed E-state index contributed by atoms with van der Waals surface area (Å²) in [5.74, 6) is -3.35. The van der Waals surface area contributed by atoms with Crippen LogP contribution >= 0.6 is 0 Å². The summed E-state index contributed by atoms with van der Waals surface area (Å²) in [5.41, 5.74) is 8.02. The number of aliphatic carboxylic acids is 1. The highest BCUT2D eigenvalue weighted by atomic mass is 16.4. The Kier molecular flexibility index (Phi) is 10.3. The van der Waals surface area contributed by atoms with Crippen molar-refractivity contribution >= 4 is 34.6 Å². The zero-order valence-electron chi connectivity index (χ0n) is 22.8. The number of H-pyrrole nitrogens is 1. The number of nitrogens with two attached hydrogens (primary N) is 1. The predicted octanol–water partition coefficient (Wildman–Crippen LogP) is 1.59. The number of carbonyl (C=O) groups is 4. The molecule has 11 heteroatoms. The summed E-state index contributed by atoms with van der Waals surface area (Å²) >= 11 is 0. The van der Waals surface area contributed by atoms with Gasteiger partial charge in [0.1, 0.15) is 23.9 Å². The van der Waals surface area contributed by atoms with Gasteiger partial charge in [-0.25, -0.2) is 4.79 Å². The summed E-state index contributed by atoms with van der Waals surface area (Å²) in [7, 11) is 0. The highest BCUT2D eigenvalue weighted by Crippen LogP contribution is 2.20. The summed E-state index contributed by atoms with van der Waals surface area (Å²) in [6.07, 6.45) is 2.41. The molecule has 0 aliphatic rings. The number of amides is 3. The van der Waals surface area contributed by atoms with Crippen molar-refractivity contribution in [3.05, 3.63) is 65.9 Å². The van der Waals surface area contributed by atoms with Crippen molar-refractivity contribution in [2.45, 2.75) is 64.2 Å². The maximum Gasteiger partial charge on any atom is 0.326 e. The standard InChI is InChI=1S/C29H37N5O6/c1-4-16(2)25(29(39)40)34-28(38)23(13-18-9-11-20(35)12-10-18)33-27(37)24(32-26(36)17(3)30)14-19-15-31-22-8-6-5-7-21(19)22/h5-12,15-17,23-25,31,35H,4,13-14,30H2,1-3H3,(H,32,36)(H,33,37)(H,34,38)(H,39,40). The van der Waals surface area contributed by atoms with Crippen molar-refractivity contribution in [3.8, 4) is 5.75 Å². The summed E-state index contributed by atoms with van der Waals surface area (Å²) in [6.45, 7) is 5.03. The van der Waals surface area contributed by atoms with Crippen molar-refractivity contribution < 1.29 is 29.4 Å². The van der Waals surface area contributed by atoms with Gasteiger partial charge in [0.05, 0.1) is 6.04 Å². The minimum Gasteiger partial charge on any atom is -0.508 e. The van der Waals surface area contributed by atoms with Gasteiger partial charge in [0.15, 0.2) is 0 Å². The fourth-order valence-electron chi connectivity index (χ4n) is 4.32. The topological polar surface area (TPSA) is 187 Å². The highest BCUT2D eigenvalue weighted by Gasteiger charge is 2.32. The second-order valence-corrected chi connectivity index (χ2v) is 10.1. The molecule has 0 saturated carbocycles. The molecule has 3 rings (SSSR count). The molecule has 214 valence electrons. The summed E-state index contributed by atoms with van der Waals surface area (Å²) < 4.78 is 0. The Morgan fingerprint density at radius 1 is 0.875 bits per heavy atom. The Morgan fingerprint density at radius 3 is 2.10 bits per heavy atom. The first-order valence-corrected chi connectivity index (χ1v) is 13.2. The molecule has 0 aliphatic carbocycles. The molecule has 11 nitrogen and oxygen atoms in total. The Morgan fingerprint density at radius 2 is 1.48 bits per heavy atom. The molecule has 1 heterocycles. The molecule has 2 aromatic carbocycles. The van der Waals surface area contributed by atoms with E-state index in [2.05, 4.69) is 20.9 Å². The maximum absolute atomic E-state index is 13.6. The van der Waals surface area contributed by atoms with E-state index in [0.29, 0.717) is 12.0 Å². The van der Waals surface area contributed by atoms with E-state index >= 15 is 0 Å². The van der Waals surface area contributed by atoms with E-state index in [1.165, 1.54) is 19.1 Å². The molecule has 1 aromatic heterocycles. The average molecular weight is 552 g/mol. The third-order valence-electron chi connectivity index (χ3n) is 6.93. The molecule has 0 fully saturated rings. The first-order valence-electron chi connectivity index (χ1n) is 13.2.